The molecule has 1 aliphatic rings. The lowest BCUT2D eigenvalue weighted by molar-refractivity contribution is -0.116. The molecule has 1 aromatic carbocycles. The van der Waals surface area contributed by atoms with E-state index in [1.807, 2.05) is 0 Å². The first kappa shape index (κ1) is 33.2. The molecule has 0 radical (unpaired) electrons. The molecule has 1 aliphatic heterocycles. The summed E-state index contributed by atoms with van der Waals surface area (Å²) in [4.78, 5) is 52.7. The van der Waals surface area contributed by atoms with Crippen LogP contribution in [0.5, 0.6) is 5.75 Å². The van der Waals surface area contributed by atoms with Crippen LogP contribution in [0.2, 0.25) is 5.02 Å². The molecule has 0 unspecified atom stereocenters. The topological polar surface area (TPSA) is 169 Å². The molecule has 1 atom stereocenters. The number of piperazine rings is 1. The van der Waals surface area contributed by atoms with Crippen molar-refractivity contribution in [3.63, 3.8) is 0 Å². The standard InChI is InChI=1S/C33H32ClFN10O4/c1-19-14-41(2)7-8-45(19)27-11-26(24(34)13-37-27)40-28(46)17-44-16-23(21-9-22(31(36)48)30(47)25(35)10-21)29-32(44)38-18-43(33(29)49)6-4-5-20-12-39-42(3)15-20/h9-13,15-16,18-19,47H,6-8,14,17H2,1-3H3,(H2,36,48)(H,37,40,46)/t19-/m0/s1. The Morgan fingerprint density at radius 2 is 1.94 bits per heavy atom. The van der Waals surface area contributed by atoms with Crippen molar-refractivity contribution < 1.29 is 19.1 Å². The van der Waals surface area contributed by atoms with Crippen molar-refractivity contribution in [3.05, 3.63) is 81.6 Å². The van der Waals surface area contributed by atoms with Crippen LogP contribution in [0.4, 0.5) is 15.9 Å². The Morgan fingerprint density at radius 3 is 2.65 bits per heavy atom. The molecule has 0 spiro atoms. The summed E-state index contributed by atoms with van der Waals surface area (Å²) >= 11 is 6.43. The summed E-state index contributed by atoms with van der Waals surface area (Å²) in [6.07, 6.45) is 7.55. The molecule has 49 heavy (non-hydrogen) atoms. The molecule has 16 heteroatoms. The van der Waals surface area contributed by atoms with Crippen LogP contribution in [-0.2, 0) is 24.9 Å². The van der Waals surface area contributed by atoms with Crippen LogP contribution in [-0.4, -0.2) is 83.4 Å². The first-order chi connectivity index (χ1) is 23.4. The monoisotopic (exact) mass is 686 g/mol. The number of phenols is 1. The Bertz CT molecular complexity index is 2230. The van der Waals surface area contributed by atoms with Crippen molar-refractivity contribution in [2.75, 3.05) is 36.9 Å². The minimum atomic E-state index is -1.12. The van der Waals surface area contributed by atoms with Gasteiger partial charge >= 0.3 is 0 Å². The molecule has 6 rings (SSSR count). The summed E-state index contributed by atoms with van der Waals surface area (Å²) in [5, 5.41) is 17.3. The predicted octanol–water partition coefficient (Wildman–Crippen LogP) is 2.42. The summed E-state index contributed by atoms with van der Waals surface area (Å²) in [6.45, 7) is 4.22. The van der Waals surface area contributed by atoms with Gasteiger partial charge in [0.15, 0.2) is 11.6 Å². The average molecular weight is 687 g/mol. The van der Waals surface area contributed by atoms with Gasteiger partial charge in [0, 0.05) is 56.7 Å². The number of anilines is 2. The van der Waals surface area contributed by atoms with Gasteiger partial charge in [0.2, 0.25) is 5.91 Å². The lowest BCUT2D eigenvalue weighted by atomic mass is 10.0. The molecule has 0 saturated carbocycles. The maximum Gasteiger partial charge on any atom is 0.264 e. The highest BCUT2D eigenvalue weighted by atomic mass is 35.5. The largest absolute Gasteiger partial charge is 0.504 e. The zero-order valence-electron chi connectivity index (χ0n) is 26.8. The van der Waals surface area contributed by atoms with Gasteiger partial charge in [-0.25, -0.2) is 14.4 Å². The number of aryl methyl sites for hydroxylation is 1. The van der Waals surface area contributed by atoms with Crippen LogP contribution >= 0.6 is 11.6 Å². The number of aromatic hydroxyl groups is 1. The summed E-state index contributed by atoms with van der Waals surface area (Å²) in [5.41, 5.74) is 5.73. The van der Waals surface area contributed by atoms with Gasteiger partial charge in [-0.05, 0) is 31.7 Å². The molecule has 5 aromatic rings. The van der Waals surface area contributed by atoms with Crippen molar-refractivity contribution in [2.24, 2.45) is 12.8 Å². The third-order valence-electron chi connectivity index (χ3n) is 8.22. The molecular weight excluding hydrogens is 655 g/mol. The second-order valence-electron chi connectivity index (χ2n) is 11.8. The zero-order chi connectivity index (χ0) is 35.0. The first-order valence-electron chi connectivity index (χ1n) is 15.2. The smallest absolute Gasteiger partial charge is 0.264 e. The number of nitrogens with two attached hydrogens (primary N) is 1. The van der Waals surface area contributed by atoms with Crippen molar-refractivity contribution >= 4 is 46.0 Å². The Morgan fingerprint density at radius 1 is 1.14 bits per heavy atom. The predicted molar refractivity (Wildman–Crippen MR) is 182 cm³/mol. The van der Waals surface area contributed by atoms with Gasteiger partial charge in [-0.1, -0.05) is 23.4 Å². The van der Waals surface area contributed by atoms with Gasteiger partial charge < -0.3 is 30.5 Å². The van der Waals surface area contributed by atoms with Crippen LogP contribution in [0.15, 0.2) is 54.1 Å². The lowest BCUT2D eigenvalue weighted by Crippen LogP contribution is -2.50. The molecule has 14 nitrogen and oxygen atoms in total. The second kappa shape index (κ2) is 13.4. The number of likely N-dealkylation sites (N-methyl/N-ethyl adjacent to an activating group) is 1. The maximum atomic E-state index is 14.8. The van der Waals surface area contributed by atoms with E-state index in [9.17, 15) is 23.9 Å². The molecule has 0 bridgehead atoms. The first-order valence-corrected chi connectivity index (χ1v) is 15.6. The number of nitrogens with zero attached hydrogens (tertiary/aromatic N) is 8. The Balaban J connectivity index is 1.36. The van der Waals surface area contributed by atoms with E-state index in [0.29, 0.717) is 17.1 Å². The number of primary amides is 1. The van der Waals surface area contributed by atoms with E-state index in [0.717, 1.165) is 25.7 Å². The third-order valence-corrected chi connectivity index (χ3v) is 8.53. The number of hydrogen-bond donors (Lipinski definition) is 3. The Hall–Kier alpha value is -5.72. The Labute approximate surface area is 284 Å². The Kier molecular flexibility index (Phi) is 9.09. The quantitative estimate of drug-likeness (QED) is 0.218. The molecule has 252 valence electrons. The van der Waals surface area contributed by atoms with Crippen molar-refractivity contribution in [3.8, 4) is 28.7 Å². The molecular formula is C33H32ClFN10O4. The maximum absolute atomic E-state index is 14.8. The molecule has 1 saturated heterocycles. The fourth-order valence-electron chi connectivity index (χ4n) is 5.83. The van der Waals surface area contributed by atoms with E-state index < -0.39 is 34.5 Å². The minimum absolute atomic E-state index is 0.0345. The van der Waals surface area contributed by atoms with E-state index in [-0.39, 0.29) is 46.3 Å². The van der Waals surface area contributed by atoms with E-state index in [1.54, 1.807) is 30.2 Å². The van der Waals surface area contributed by atoms with Gasteiger partial charge in [0.05, 0.1) is 46.2 Å². The number of pyridine rings is 1. The van der Waals surface area contributed by atoms with Crippen LogP contribution in [0.3, 0.4) is 0 Å². The molecule has 1 fully saturated rings. The summed E-state index contributed by atoms with van der Waals surface area (Å²) in [7, 11) is 3.82. The van der Waals surface area contributed by atoms with Gasteiger partial charge in [-0.2, -0.15) is 5.10 Å². The number of carbonyl (C=O) groups is 2. The summed E-state index contributed by atoms with van der Waals surface area (Å²) < 4.78 is 19.1. The molecule has 2 amide bonds. The van der Waals surface area contributed by atoms with Crippen LogP contribution in [0, 0.1) is 17.7 Å². The molecule has 5 heterocycles. The average Bonchev–Trinajstić information content (AvgIpc) is 3.63. The SMILES string of the molecule is C[C@H]1CN(C)CCN1c1cc(NC(=O)Cn2cc(-c3cc(F)c(O)c(C(N)=O)c3)c3c(=O)n(CC#Cc4cnn(C)c4)cnc32)c(Cl)cn1. The lowest BCUT2D eigenvalue weighted by Gasteiger charge is -2.39. The van der Waals surface area contributed by atoms with Gasteiger partial charge in [-0.15, -0.1) is 0 Å². The van der Waals surface area contributed by atoms with Crippen molar-refractivity contribution in [1.82, 2.24) is 33.8 Å². The highest BCUT2D eigenvalue weighted by Gasteiger charge is 2.25. The van der Waals surface area contributed by atoms with Crippen LogP contribution in [0.1, 0.15) is 22.8 Å². The number of amides is 2. The highest BCUT2D eigenvalue weighted by molar-refractivity contribution is 6.33. The van der Waals surface area contributed by atoms with E-state index in [4.69, 9.17) is 17.3 Å². The number of halogens is 2. The summed E-state index contributed by atoms with van der Waals surface area (Å²) in [6, 6.07) is 4.06. The number of benzene rings is 1. The van der Waals surface area contributed by atoms with Crippen LogP contribution < -0.4 is 21.5 Å². The molecule has 4 aromatic heterocycles. The second-order valence-corrected chi connectivity index (χ2v) is 12.3. The highest BCUT2D eigenvalue weighted by Crippen LogP contribution is 2.33. The fraction of sp³-hybridized carbons (Fsp3) is 0.273. The number of rotatable bonds is 7. The van der Waals surface area contributed by atoms with Crippen molar-refractivity contribution in [2.45, 2.75) is 26.1 Å². The number of fused-ring (bicyclic) bond motifs is 1. The zero-order valence-corrected chi connectivity index (χ0v) is 27.6. The minimum Gasteiger partial charge on any atom is -0.504 e. The number of aromatic nitrogens is 6. The number of nitrogens with one attached hydrogen (secondary N) is 1. The van der Waals surface area contributed by atoms with E-state index in [2.05, 4.69) is 56.0 Å². The van der Waals surface area contributed by atoms with Crippen LogP contribution in [0.25, 0.3) is 22.2 Å². The third kappa shape index (κ3) is 6.82. The van der Waals surface area contributed by atoms with E-state index >= 15 is 0 Å². The van der Waals surface area contributed by atoms with E-state index in [1.165, 1.54) is 33.9 Å². The number of carbonyl (C=O) groups excluding carboxylic acids is 2. The van der Waals surface area contributed by atoms with Crippen molar-refractivity contribution in [1.29, 1.82) is 0 Å². The van der Waals surface area contributed by atoms with Gasteiger partial charge in [0.1, 0.15) is 24.3 Å². The molecule has 0 aliphatic carbocycles. The fourth-order valence-corrected chi connectivity index (χ4v) is 5.98. The van der Waals surface area contributed by atoms with Gasteiger partial charge in [0.25, 0.3) is 11.5 Å². The number of hydrogen-bond acceptors (Lipinski definition) is 9. The summed E-state index contributed by atoms with van der Waals surface area (Å²) in [5.74, 6) is 2.92. The normalized spacial score (nSPS) is 14.9. The van der Waals surface area contributed by atoms with Gasteiger partial charge in [-0.3, -0.25) is 23.6 Å². The molecule has 4 N–H and O–H groups in total.